The van der Waals surface area contributed by atoms with Gasteiger partial charge in [-0.25, -0.2) is 4.39 Å². The summed E-state index contributed by atoms with van der Waals surface area (Å²) in [5.74, 6) is -0.306. The van der Waals surface area contributed by atoms with Gasteiger partial charge in [-0.3, -0.25) is 4.98 Å². The van der Waals surface area contributed by atoms with Crippen LogP contribution in [0.2, 0.25) is 0 Å². The van der Waals surface area contributed by atoms with Crippen molar-refractivity contribution >= 4 is 26.8 Å². The van der Waals surface area contributed by atoms with E-state index in [1.165, 1.54) is 6.07 Å². The third kappa shape index (κ3) is 2.82. The molecule has 0 fully saturated rings. The van der Waals surface area contributed by atoms with Gasteiger partial charge in [0, 0.05) is 21.1 Å². The maximum Gasteiger partial charge on any atom is 0.129 e. The third-order valence-corrected chi connectivity index (χ3v) is 4.00. The van der Waals surface area contributed by atoms with Crippen LogP contribution < -0.4 is 5.73 Å². The summed E-state index contributed by atoms with van der Waals surface area (Å²) in [4.78, 5) is 4.46. The third-order valence-electron chi connectivity index (χ3n) is 3.51. The second-order valence-corrected chi connectivity index (χ2v) is 5.96. The highest BCUT2D eigenvalue weighted by atomic mass is 79.9. The molecule has 106 valence electrons. The Labute approximate surface area is 130 Å². The Kier molecular flexibility index (Phi) is 3.74. The predicted molar refractivity (Wildman–Crippen MR) is 86.6 cm³/mol. The molecule has 0 aliphatic heterocycles. The zero-order valence-electron chi connectivity index (χ0n) is 11.5. The quantitative estimate of drug-likeness (QED) is 0.743. The van der Waals surface area contributed by atoms with E-state index in [4.69, 9.17) is 5.73 Å². The minimum Gasteiger partial charge on any atom is -0.320 e. The van der Waals surface area contributed by atoms with Gasteiger partial charge in [-0.1, -0.05) is 34.1 Å². The molecule has 0 amide bonds. The van der Waals surface area contributed by atoms with Gasteiger partial charge in [0.15, 0.2) is 0 Å². The van der Waals surface area contributed by atoms with Crippen molar-refractivity contribution in [2.45, 2.75) is 13.0 Å². The summed E-state index contributed by atoms with van der Waals surface area (Å²) in [6, 6.07) is 14.2. The average Bonchev–Trinajstić information content (AvgIpc) is 2.46. The van der Waals surface area contributed by atoms with Gasteiger partial charge in [0.25, 0.3) is 0 Å². The molecule has 2 nitrogen and oxygen atoms in total. The number of pyridine rings is 1. The van der Waals surface area contributed by atoms with Crippen LogP contribution in [0.5, 0.6) is 0 Å². The largest absolute Gasteiger partial charge is 0.320 e. The fourth-order valence-corrected chi connectivity index (χ4v) is 2.71. The summed E-state index contributed by atoms with van der Waals surface area (Å²) < 4.78 is 14.7. The van der Waals surface area contributed by atoms with Gasteiger partial charge in [0.05, 0.1) is 11.6 Å². The van der Waals surface area contributed by atoms with Crippen LogP contribution in [0, 0.1) is 12.7 Å². The molecule has 0 aliphatic carbocycles. The molecule has 0 spiro atoms. The van der Waals surface area contributed by atoms with Gasteiger partial charge in [-0.2, -0.15) is 0 Å². The number of aromatic nitrogens is 1. The highest BCUT2D eigenvalue weighted by molar-refractivity contribution is 9.10. The molecule has 2 aromatic carbocycles. The summed E-state index contributed by atoms with van der Waals surface area (Å²) in [7, 11) is 0. The van der Waals surface area contributed by atoms with Crippen LogP contribution in [0.1, 0.15) is 22.9 Å². The molecule has 4 heteroatoms. The SMILES string of the molecule is Cc1ccc2cc(C(N)c3ccc(Br)cc3F)ccc2n1. The minimum absolute atomic E-state index is 0.306. The number of fused-ring (bicyclic) bond motifs is 1. The Hall–Kier alpha value is -1.78. The monoisotopic (exact) mass is 344 g/mol. The van der Waals surface area contributed by atoms with E-state index in [1.807, 2.05) is 37.3 Å². The van der Waals surface area contributed by atoms with E-state index in [0.717, 1.165) is 22.2 Å². The Bertz CT molecular complexity index is 817. The first-order chi connectivity index (χ1) is 10.0. The molecule has 21 heavy (non-hydrogen) atoms. The van der Waals surface area contributed by atoms with Gasteiger partial charge in [0.2, 0.25) is 0 Å². The summed E-state index contributed by atoms with van der Waals surface area (Å²) in [6.45, 7) is 1.95. The van der Waals surface area contributed by atoms with Crippen LogP contribution in [-0.4, -0.2) is 4.98 Å². The molecule has 3 rings (SSSR count). The maximum atomic E-state index is 14.0. The van der Waals surface area contributed by atoms with E-state index in [2.05, 4.69) is 20.9 Å². The fraction of sp³-hybridized carbons (Fsp3) is 0.118. The first-order valence-corrected chi connectivity index (χ1v) is 7.42. The standard InChI is InChI=1S/C17H14BrFN2/c1-10-2-3-11-8-12(4-7-16(11)21-10)17(20)14-6-5-13(18)9-15(14)19/h2-9,17H,20H2,1H3. The summed E-state index contributed by atoms with van der Waals surface area (Å²) >= 11 is 3.25. The molecule has 1 atom stereocenters. The van der Waals surface area contributed by atoms with E-state index in [9.17, 15) is 4.39 Å². The van der Waals surface area contributed by atoms with Gasteiger partial charge >= 0.3 is 0 Å². The zero-order chi connectivity index (χ0) is 15.0. The summed E-state index contributed by atoms with van der Waals surface area (Å²) in [5.41, 5.74) is 9.46. The van der Waals surface area contributed by atoms with E-state index in [0.29, 0.717) is 10.0 Å². The topological polar surface area (TPSA) is 38.9 Å². The first kappa shape index (κ1) is 14.2. The number of aryl methyl sites for hydroxylation is 1. The molecule has 0 saturated heterocycles. The molecule has 3 aromatic rings. The first-order valence-electron chi connectivity index (χ1n) is 6.62. The highest BCUT2D eigenvalue weighted by Crippen LogP contribution is 2.26. The van der Waals surface area contributed by atoms with Crippen LogP contribution in [0.25, 0.3) is 10.9 Å². The number of benzene rings is 2. The van der Waals surface area contributed by atoms with Gasteiger partial charge in [-0.15, -0.1) is 0 Å². The normalized spacial score (nSPS) is 12.6. The second-order valence-electron chi connectivity index (χ2n) is 5.05. The van der Waals surface area contributed by atoms with Crippen LogP contribution in [0.4, 0.5) is 4.39 Å². The van der Waals surface area contributed by atoms with Crippen LogP contribution in [-0.2, 0) is 0 Å². The van der Waals surface area contributed by atoms with Crippen LogP contribution in [0.15, 0.2) is 53.0 Å². The smallest absolute Gasteiger partial charge is 0.129 e. The van der Waals surface area contributed by atoms with Crippen LogP contribution >= 0.6 is 15.9 Å². The Balaban J connectivity index is 2.04. The van der Waals surface area contributed by atoms with Crippen molar-refractivity contribution in [1.29, 1.82) is 0 Å². The number of hydrogen-bond donors (Lipinski definition) is 1. The average molecular weight is 345 g/mol. The molecule has 1 aromatic heterocycles. The van der Waals surface area contributed by atoms with Crippen molar-refractivity contribution in [2.75, 3.05) is 0 Å². The number of rotatable bonds is 2. The lowest BCUT2D eigenvalue weighted by molar-refractivity contribution is 0.599. The molecular formula is C17H14BrFN2. The van der Waals surface area contributed by atoms with E-state index < -0.39 is 6.04 Å². The molecule has 0 aliphatic rings. The van der Waals surface area contributed by atoms with Crippen LogP contribution in [0.3, 0.4) is 0 Å². The number of nitrogens with zero attached hydrogens (tertiary/aromatic N) is 1. The van der Waals surface area contributed by atoms with Crippen molar-refractivity contribution in [3.63, 3.8) is 0 Å². The predicted octanol–water partition coefficient (Wildman–Crippen LogP) is 4.49. The van der Waals surface area contributed by atoms with E-state index in [1.54, 1.807) is 12.1 Å². The number of halogens is 2. The Morgan fingerprint density at radius 1 is 1.10 bits per heavy atom. The van der Waals surface area contributed by atoms with Crippen molar-refractivity contribution in [3.8, 4) is 0 Å². The molecular weight excluding hydrogens is 331 g/mol. The second kappa shape index (κ2) is 5.54. The van der Waals surface area contributed by atoms with E-state index >= 15 is 0 Å². The Morgan fingerprint density at radius 3 is 2.67 bits per heavy atom. The number of nitrogens with two attached hydrogens (primary N) is 1. The van der Waals surface area contributed by atoms with Crippen molar-refractivity contribution < 1.29 is 4.39 Å². The molecule has 0 saturated carbocycles. The lowest BCUT2D eigenvalue weighted by atomic mass is 9.97. The lowest BCUT2D eigenvalue weighted by Crippen LogP contribution is -2.13. The molecule has 2 N–H and O–H groups in total. The minimum atomic E-state index is -0.496. The zero-order valence-corrected chi connectivity index (χ0v) is 13.1. The van der Waals surface area contributed by atoms with E-state index in [-0.39, 0.29) is 5.82 Å². The van der Waals surface area contributed by atoms with Gasteiger partial charge in [-0.05, 0) is 42.8 Å². The van der Waals surface area contributed by atoms with Crippen molar-refractivity contribution in [3.05, 3.63) is 75.6 Å². The van der Waals surface area contributed by atoms with Crippen molar-refractivity contribution in [2.24, 2.45) is 5.73 Å². The maximum absolute atomic E-state index is 14.0. The molecule has 0 radical (unpaired) electrons. The van der Waals surface area contributed by atoms with Gasteiger partial charge in [0.1, 0.15) is 5.82 Å². The number of hydrogen-bond acceptors (Lipinski definition) is 2. The van der Waals surface area contributed by atoms with Crippen molar-refractivity contribution in [1.82, 2.24) is 4.98 Å². The Morgan fingerprint density at radius 2 is 1.90 bits per heavy atom. The fourth-order valence-electron chi connectivity index (χ4n) is 2.37. The molecule has 1 heterocycles. The lowest BCUT2D eigenvalue weighted by Gasteiger charge is -2.14. The highest BCUT2D eigenvalue weighted by Gasteiger charge is 2.14. The summed E-state index contributed by atoms with van der Waals surface area (Å²) in [6.07, 6.45) is 0. The molecule has 1 unspecified atom stereocenters. The van der Waals surface area contributed by atoms with Gasteiger partial charge < -0.3 is 5.73 Å². The summed E-state index contributed by atoms with van der Waals surface area (Å²) in [5, 5.41) is 1.01. The molecule has 0 bridgehead atoms.